The van der Waals surface area contributed by atoms with Crippen LogP contribution in [-0.4, -0.2) is 19.0 Å². The van der Waals surface area contributed by atoms with Crippen molar-refractivity contribution in [1.82, 2.24) is 5.32 Å². The number of carbonyl (C=O) groups is 1. The van der Waals surface area contributed by atoms with Gasteiger partial charge in [0.25, 0.3) is 0 Å². The highest BCUT2D eigenvalue weighted by Gasteiger charge is 2.16. The fourth-order valence-corrected chi connectivity index (χ4v) is 3.13. The van der Waals surface area contributed by atoms with E-state index in [1.165, 1.54) is 6.42 Å². The lowest BCUT2D eigenvalue weighted by Crippen LogP contribution is -2.16. The van der Waals surface area contributed by atoms with E-state index in [1.54, 1.807) is 0 Å². The second-order valence-corrected chi connectivity index (χ2v) is 6.58. The Morgan fingerprint density at radius 3 is 2.62 bits per heavy atom. The van der Waals surface area contributed by atoms with Crippen LogP contribution in [0.5, 0.6) is 0 Å². The molecule has 1 fully saturated rings. The first-order valence-electron chi connectivity index (χ1n) is 9.01. The number of anilines is 1. The third-order valence-electron chi connectivity index (χ3n) is 4.60. The predicted octanol–water partition coefficient (Wildman–Crippen LogP) is 4.15. The molecule has 2 N–H and O–H groups in total. The van der Waals surface area contributed by atoms with E-state index < -0.39 is 0 Å². The van der Waals surface area contributed by atoms with Gasteiger partial charge in [0.05, 0.1) is 13.2 Å². The van der Waals surface area contributed by atoms with E-state index in [4.69, 9.17) is 4.74 Å². The van der Waals surface area contributed by atoms with Crippen LogP contribution in [0.3, 0.4) is 0 Å². The molecule has 0 aliphatic carbocycles. The minimum atomic E-state index is 0. The van der Waals surface area contributed by atoms with Gasteiger partial charge in [-0.3, -0.25) is 4.79 Å². The van der Waals surface area contributed by atoms with Gasteiger partial charge >= 0.3 is 0 Å². The fourth-order valence-electron chi connectivity index (χ4n) is 3.13. The molecule has 0 saturated carbocycles. The van der Waals surface area contributed by atoms with Crippen molar-refractivity contribution in [3.05, 3.63) is 65.7 Å². The molecule has 0 aromatic heterocycles. The summed E-state index contributed by atoms with van der Waals surface area (Å²) in [5.74, 6) is 0.720. The highest BCUT2D eigenvalue weighted by molar-refractivity contribution is 5.91. The van der Waals surface area contributed by atoms with E-state index >= 15 is 0 Å². The van der Waals surface area contributed by atoms with Crippen LogP contribution in [0, 0.1) is 5.92 Å². The Morgan fingerprint density at radius 2 is 1.85 bits per heavy atom. The highest BCUT2D eigenvalue weighted by Crippen LogP contribution is 2.19. The summed E-state index contributed by atoms with van der Waals surface area (Å²) in [5, 5.41) is 6.39. The summed E-state index contributed by atoms with van der Waals surface area (Å²) in [4.78, 5) is 12.2. The van der Waals surface area contributed by atoms with E-state index in [-0.39, 0.29) is 18.3 Å². The molecule has 26 heavy (non-hydrogen) atoms. The van der Waals surface area contributed by atoms with Crippen molar-refractivity contribution in [1.29, 1.82) is 0 Å². The van der Waals surface area contributed by atoms with Gasteiger partial charge in [0.2, 0.25) is 5.91 Å². The van der Waals surface area contributed by atoms with Gasteiger partial charge in [-0.2, -0.15) is 0 Å². The van der Waals surface area contributed by atoms with Gasteiger partial charge in [-0.05, 0) is 43.5 Å². The minimum Gasteiger partial charge on any atom is -0.372 e. The van der Waals surface area contributed by atoms with Crippen molar-refractivity contribution < 1.29 is 9.53 Å². The van der Waals surface area contributed by atoms with Crippen LogP contribution in [-0.2, 0) is 22.7 Å². The molecule has 2 aromatic carbocycles. The first-order chi connectivity index (χ1) is 12.3. The molecule has 0 radical (unpaired) electrons. The maximum Gasteiger partial charge on any atom is 0.224 e. The topological polar surface area (TPSA) is 50.4 Å². The molecule has 1 aliphatic heterocycles. The van der Waals surface area contributed by atoms with Crippen LogP contribution in [0.2, 0.25) is 0 Å². The van der Waals surface area contributed by atoms with Gasteiger partial charge in [0.15, 0.2) is 0 Å². The second-order valence-electron chi connectivity index (χ2n) is 6.58. The number of benzene rings is 2. The maximum atomic E-state index is 12.2. The smallest absolute Gasteiger partial charge is 0.224 e. The van der Waals surface area contributed by atoms with E-state index in [1.807, 2.05) is 54.6 Å². The summed E-state index contributed by atoms with van der Waals surface area (Å²) in [6, 6.07) is 18.0. The van der Waals surface area contributed by atoms with Gasteiger partial charge in [-0.15, -0.1) is 12.4 Å². The summed E-state index contributed by atoms with van der Waals surface area (Å²) in [5.41, 5.74) is 3.01. The lowest BCUT2D eigenvalue weighted by atomic mass is 10.0. The molecular formula is C21H27ClN2O2. The van der Waals surface area contributed by atoms with Crippen molar-refractivity contribution in [2.75, 3.05) is 18.4 Å². The van der Waals surface area contributed by atoms with E-state index in [0.717, 1.165) is 36.3 Å². The number of carbonyl (C=O) groups excluding carboxylic acids is 1. The van der Waals surface area contributed by atoms with Crippen LogP contribution in [0.25, 0.3) is 0 Å². The molecule has 1 atom stereocenters. The number of rotatable bonds is 8. The third-order valence-corrected chi connectivity index (χ3v) is 4.60. The second kappa shape index (κ2) is 11.0. The number of ether oxygens (including phenoxy) is 1. The normalized spacial score (nSPS) is 16.1. The molecule has 5 heteroatoms. The third kappa shape index (κ3) is 6.45. The number of hydrogen-bond acceptors (Lipinski definition) is 3. The average Bonchev–Trinajstić information content (AvgIpc) is 3.16. The number of halogens is 1. The summed E-state index contributed by atoms with van der Waals surface area (Å²) in [6.45, 7) is 3.17. The lowest BCUT2D eigenvalue weighted by molar-refractivity contribution is -0.116. The molecule has 140 valence electrons. The Morgan fingerprint density at radius 1 is 1.08 bits per heavy atom. The van der Waals surface area contributed by atoms with Crippen molar-refractivity contribution in [2.45, 2.75) is 32.5 Å². The van der Waals surface area contributed by atoms with Gasteiger partial charge in [-0.25, -0.2) is 0 Å². The number of para-hydroxylation sites is 1. The average molecular weight is 375 g/mol. The molecule has 1 saturated heterocycles. The first-order valence-corrected chi connectivity index (χ1v) is 9.01. The Balaban J connectivity index is 0.00000243. The summed E-state index contributed by atoms with van der Waals surface area (Å²) in [7, 11) is 0. The number of amides is 1. The standard InChI is InChI=1S/C21H26N2O2.ClH/c24-21(11-10-17-12-13-22-14-17)23-20-9-5-4-8-19(20)16-25-15-18-6-2-1-3-7-18;/h1-9,17,22H,10-16H2,(H,23,24);1H. The Bertz CT molecular complexity index is 673. The van der Waals surface area contributed by atoms with Crippen LogP contribution >= 0.6 is 12.4 Å². The number of nitrogens with one attached hydrogen (secondary N) is 2. The molecule has 0 bridgehead atoms. The van der Waals surface area contributed by atoms with Crippen LogP contribution in [0.15, 0.2) is 54.6 Å². The molecule has 0 spiro atoms. The summed E-state index contributed by atoms with van der Waals surface area (Å²) >= 11 is 0. The van der Waals surface area contributed by atoms with Crippen molar-refractivity contribution in [2.24, 2.45) is 5.92 Å². The van der Waals surface area contributed by atoms with E-state index in [0.29, 0.717) is 25.6 Å². The minimum absolute atomic E-state index is 0. The van der Waals surface area contributed by atoms with Gasteiger partial charge < -0.3 is 15.4 Å². The zero-order valence-corrected chi connectivity index (χ0v) is 15.8. The SMILES string of the molecule is Cl.O=C(CCC1CCNC1)Nc1ccccc1COCc1ccccc1. The summed E-state index contributed by atoms with van der Waals surface area (Å²) < 4.78 is 5.81. The largest absolute Gasteiger partial charge is 0.372 e. The molecule has 1 heterocycles. The predicted molar refractivity (Wildman–Crippen MR) is 107 cm³/mol. The Hall–Kier alpha value is -1.88. The fraction of sp³-hybridized carbons (Fsp3) is 0.381. The quantitative estimate of drug-likeness (QED) is 0.729. The molecule has 2 aromatic rings. The van der Waals surface area contributed by atoms with E-state index in [9.17, 15) is 4.79 Å². The maximum absolute atomic E-state index is 12.2. The van der Waals surface area contributed by atoms with E-state index in [2.05, 4.69) is 10.6 Å². The van der Waals surface area contributed by atoms with Gasteiger partial charge in [0.1, 0.15) is 0 Å². The summed E-state index contributed by atoms with van der Waals surface area (Å²) in [6.07, 6.45) is 2.70. The number of hydrogen-bond donors (Lipinski definition) is 2. The molecule has 1 unspecified atom stereocenters. The first kappa shape index (κ1) is 20.4. The monoisotopic (exact) mass is 374 g/mol. The molecular weight excluding hydrogens is 348 g/mol. The molecule has 1 amide bonds. The Kier molecular flexibility index (Phi) is 8.62. The molecule has 3 rings (SSSR count). The van der Waals surface area contributed by atoms with Crippen LogP contribution in [0.4, 0.5) is 5.69 Å². The molecule has 4 nitrogen and oxygen atoms in total. The van der Waals surface area contributed by atoms with Crippen LogP contribution < -0.4 is 10.6 Å². The van der Waals surface area contributed by atoms with Crippen molar-refractivity contribution >= 4 is 24.0 Å². The zero-order valence-electron chi connectivity index (χ0n) is 14.9. The molecule has 1 aliphatic rings. The van der Waals surface area contributed by atoms with Crippen molar-refractivity contribution in [3.63, 3.8) is 0 Å². The zero-order chi connectivity index (χ0) is 17.3. The van der Waals surface area contributed by atoms with Gasteiger partial charge in [0, 0.05) is 17.7 Å². The van der Waals surface area contributed by atoms with Crippen molar-refractivity contribution in [3.8, 4) is 0 Å². The van der Waals surface area contributed by atoms with Gasteiger partial charge in [-0.1, -0.05) is 48.5 Å². The van der Waals surface area contributed by atoms with Crippen LogP contribution in [0.1, 0.15) is 30.4 Å². The lowest BCUT2D eigenvalue weighted by Gasteiger charge is -2.13. The Labute approximate surface area is 161 Å². The highest BCUT2D eigenvalue weighted by atomic mass is 35.5.